The molecule has 0 aliphatic carbocycles. The minimum absolute atomic E-state index is 0.203. The molecular weight excluding hydrogens is 460 g/mol. The number of amides is 3. The van der Waals surface area contributed by atoms with Gasteiger partial charge in [-0.1, -0.05) is 29.5 Å². The molecule has 1 N–H and O–H groups in total. The first-order valence-corrected chi connectivity index (χ1v) is 11.7. The van der Waals surface area contributed by atoms with E-state index in [0.717, 1.165) is 28.1 Å². The lowest BCUT2D eigenvalue weighted by Gasteiger charge is -2.29. The van der Waals surface area contributed by atoms with Crippen LogP contribution in [0.15, 0.2) is 59.1 Å². The quantitative estimate of drug-likeness (QED) is 0.434. The lowest BCUT2D eigenvalue weighted by molar-refractivity contribution is -0.136. The Bertz CT molecular complexity index is 1510. The summed E-state index contributed by atoms with van der Waals surface area (Å²) < 4.78 is 7.54. The van der Waals surface area contributed by atoms with Crippen molar-refractivity contribution in [1.82, 2.24) is 30.2 Å². The van der Waals surface area contributed by atoms with Crippen molar-refractivity contribution >= 4 is 17.7 Å². The molecule has 1 fully saturated rings. The summed E-state index contributed by atoms with van der Waals surface area (Å²) in [7, 11) is 0. The highest BCUT2D eigenvalue weighted by Crippen LogP contribution is 2.31. The van der Waals surface area contributed by atoms with E-state index in [1.807, 2.05) is 55.6 Å². The first kappa shape index (κ1) is 21.9. The van der Waals surface area contributed by atoms with Gasteiger partial charge in [-0.15, -0.1) is 5.10 Å². The van der Waals surface area contributed by atoms with Gasteiger partial charge in [-0.3, -0.25) is 19.7 Å². The third-order valence-electron chi connectivity index (χ3n) is 6.58. The average molecular weight is 483 g/mol. The number of carbonyl (C=O) groups excluding carboxylic acids is 3. The van der Waals surface area contributed by atoms with E-state index >= 15 is 0 Å². The molecule has 180 valence electrons. The van der Waals surface area contributed by atoms with E-state index in [4.69, 9.17) is 4.42 Å². The Labute approximate surface area is 205 Å². The fourth-order valence-electron chi connectivity index (χ4n) is 4.67. The number of aromatic nitrogens is 4. The van der Waals surface area contributed by atoms with Crippen LogP contribution in [0.5, 0.6) is 0 Å². The van der Waals surface area contributed by atoms with Gasteiger partial charge < -0.3 is 9.32 Å². The third kappa shape index (κ3) is 3.86. The maximum absolute atomic E-state index is 12.9. The van der Waals surface area contributed by atoms with Crippen molar-refractivity contribution in [2.45, 2.75) is 38.9 Å². The molecular formula is C26H22N6O4. The predicted octanol–water partition coefficient (Wildman–Crippen LogP) is 2.72. The molecule has 0 saturated carbocycles. The molecule has 10 nitrogen and oxygen atoms in total. The van der Waals surface area contributed by atoms with Crippen molar-refractivity contribution in [2.75, 3.05) is 0 Å². The molecule has 4 aromatic rings. The number of piperidine rings is 1. The minimum Gasteiger partial charge on any atom is -0.441 e. The smallest absolute Gasteiger partial charge is 0.255 e. The first-order valence-electron chi connectivity index (χ1n) is 11.7. The zero-order chi connectivity index (χ0) is 24.8. The summed E-state index contributed by atoms with van der Waals surface area (Å²) in [5.74, 6) is 0.352. The largest absolute Gasteiger partial charge is 0.441 e. The van der Waals surface area contributed by atoms with Crippen molar-refractivity contribution in [2.24, 2.45) is 0 Å². The van der Waals surface area contributed by atoms with E-state index in [1.165, 1.54) is 4.90 Å². The molecule has 0 radical (unpaired) electrons. The number of hydrogen-bond donors (Lipinski definition) is 1. The van der Waals surface area contributed by atoms with Crippen LogP contribution in [0.3, 0.4) is 0 Å². The summed E-state index contributed by atoms with van der Waals surface area (Å²) in [6.07, 6.45) is 2.38. The van der Waals surface area contributed by atoms with Gasteiger partial charge in [0.1, 0.15) is 23.2 Å². The second kappa shape index (κ2) is 8.56. The first-order chi connectivity index (χ1) is 17.5. The molecule has 1 unspecified atom stereocenters. The zero-order valence-corrected chi connectivity index (χ0v) is 19.5. The molecule has 1 atom stereocenters. The van der Waals surface area contributed by atoms with Gasteiger partial charge >= 0.3 is 0 Å². The van der Waals surface area contributed by atoms with Crippen molar-refractivity contribution in [3.8, 4) is 22.7 Å². The summed E-state index contributed by atoms with van der Waals surface area (Å²) in [5, 5.41) is 10.9. The van der Waals surface area contributed by atoms with Crippen LogP contribution in [0.4, 0.5) is 0 Å². The lowest BCUT2D eigenvalue weighted by Crippen LogP contribution is -2.52. The molecule has 36 heavy (non-hydrogen) atoms. The van der Waals surface area contributed by atoms with Gasteiger partial charge in [0, 0.05) is 29.7 Å². The fraction of sp³-hybridized carbons (Fsp3) is 0.231. The van der Waals surface area contributed by atoms with Crippen LogP contribution in [0.25, 0.3) is 22.7 Å². The topological polar surface area (TPSA) is 123 Å². The number of carbonyl (C=O) groups is 3. The number of fused-ring (bicyclic) bond motifs is 1. The van der Waals surface area contributed by atoms with Gasteiger partial charge in [0.05, 0.1) is 12.7 Å². The Morgan fingerprint density at radius 3 is 2.72 bits per heavy atom. The molecule has 4 heterocycles. The van der Waals surface area contributed by atoms with Gasteiger partial charge in [0.2, 0.25) is 17.7 Å². The van der Waals surface area contributed by atoms with Gasteiger partial charge in [-0.05, 0) is 43.2 Å². The van der Waals surface area contributed by atoms with Crippen LogP contribution in [-0.2, 0) is 22.7 Å². The molecule has 6 rings (SSSR count). The van der Waals surface area contributed by atoms with E-state index < -0.39 is 11.9 Å². The number of rotatable bonds is 5. The molecule has 2 aliphatic heterocycles. The second-order valence-corrected chi connectivity index (χ2v) is 8.96. The van der Waals surface area contributed by atoms with E-state index in [1.54, 1.807) is 10.7 Å². The standard InChI is InChI=1S/C26H22N6O4/c1-15-20(27-25(36-15)16-5-3-2-4-6-16)13-31-14-21(29-30-31)17-7-8-19-18(11-17)12-32(26(19)35)22-9-10-23(33)28-24(22)34/h2-8,11,14,22H,9-10,12-13H2,1H3,(H,28,33,34). The molecule has 0 spiro atoms. The molecule has 2 aromatic carbocycles. The highest BCUT2D eigenvalue weighted by atomic mass is 16.4. The number of nitrogens with one attached hydrogen (secondary N) is 1. The number of oxazole rings is 1. The third-order valence-corrected chi connectivity index (χ3v) is 6.58. The summed E-state index contributed by atoms with van der Waals surface area (Å²) >= 11 is 0. The van der Waals surface area contributed by atoms with Crippen LogP contribution >= 0.6 is 0 Å². The fourth-order valence-corrected chi connectivity index (χ4v) is 4.67. The summed E-state index contributed by atoms with van der Waals surface area (Å²) in [5.41, 5.74) is 4.53. The average Bonchev–Trinajstić information content (AvgIpc) is 3.58. The molecule has 2 aromatic heterocycles. The van der Waals surface area contributed by atoms with Gasteiger partial charge in [0.25, 0.3) is 5.91 Å². The van der Waals surface area contributed by atoms with Crippen LogP contribution in [0.1, 0.15) is 40.2 Å². The number of aryl methyl sites for hydroxylation is 1. The number of nitrogens with zero attached hydrogens (tertiary/aromatic N) is 5. The van der Waals surface area contributed by atoms with Gasteiger partial charge in [-0.25, -0.2) is 9.67 Å². The van der Waals surface area contributed by atoms with Crippen LogP contribution in [0, 0.1) is 6.92 Å². The maximum Gasteiger partial charge on any atom is 0.255 e. The molecule has 10 heteroatoms. The zero-order valence-electron chi connectivity index (χ0n) is 19.5. The van der Waals surface area contributed by atoms with Crippen molar-refractivity contribution in [3.05, 3.63) is 77.3 Å². The van der Waals surface area contributed by atoms with Gasteiger partial charge in [-0.2, -0.15) is 0 Å². The molecule has 2 aliphatic rings. The van der Waals surface area contributed by atoms with E-state index in [9.17, 15) is 14.4 Å². The number of imide groups is 1. The van der Waals surface area contributed by atoms with E-state index in [-0.39, 0.29) is 18.2 Å². The summed E-state index contributed by atoms with van der Waals surface area (Å²) in [4.78, 5) is 42.8. The minimum atomic E-state index is -0.640. The molecule has 1 saturated heterocycles. The van der Waals surface area contributed by atoms with Crippen LogP contribution in [-0.4, -0.2) is 48.6 Å². The SMILES string of the molecule is Cc1oc(-c2ccccc2)nc1Cn1cc(-c2ccc3c(c2)CN(C2CCC(=O)NC2=O)C3=O)nn1. The van der Waals surface area contributed by atoms with Gasteiger partial charge in [0.15, 0.2) is 0 Å². The van der Waals surface area contributed by atoms with Crippen molar-refractivity contribution < 1.29 is 18.8 Å². The second-order valence-electron chi connectivity index (χ2n) is 8.96. The van der Waals surface area contributed by atoms with Crippen molar-refractivity contribution in [3.63, 3.8) is 0 Å². The number of hydrogen-bond acceptors (Lipinski definition) is 7. The molecule has 3 amide bonds. The maximum atomic E-state index is 12.9. The summed E-state index contributed by atoms with van der Waals surface area (Å²) in [6, 6.07) is 14.6. The number of benzene rings is 2. The van der Waals surface area contributed by atoms with E-state index in [0.29, 0.717) is 36.7 Å². The normalized spacial score (nSPS) is 17.4. The molecule has 0 bridgehead atoms. The Balaban J connectivity index is 1.20. The van der Waals surface area contributed by atoms with Crippen LogP contribution in [0.2, 0.25) is 0 Å². The highest BCUT2D eigenvalue weighted by molar-refractivity contribution is 6.05. The predicted molar refractivity (Wildman–Crippen MR) is 127 cm³/mol. The Morgan fingerprint density at radius 1 is 1.08 bits per heavy atom. The monoisotopic (exact) mass is 482 g/mol. The van der Waals surface area contributed by atoms with Crippen LogP contribution < -0.4 is 5.32 Å². The Kier molecular flexibility index (Phi) is 5.21. The van der Waals surface area contributed by atoms with E-state index in [2.05, 4.69) is 20.6 Å². The summed E-state index contributed by atoms with van der Waals surface area (Å²) in [6.45, 7) is 2.59. The van der Waals surface area contributed by atoms with Crippen molar-refractivity contribution in [1.29, 1.82) is 0 Å². The Hall–Kier alpha value is -4.60. The highest BCUT2D eigenvalue weighted by Gasteiger charge is 2.39. The lowest BCUT2D eigenvalue weighted by atomic mass is 10.0. The Morgan fingerprint density at radius 2 is 1.92 bits per heavy atom.